The molecule has 10 N–H and O–H groups in total. The van der Waals surface area contributed by atoms with E-state index in [1.807, 2.05) is 0 Å². The number of carbonyl (C=O) groups is 2. The van der Waals surface area contributed by atoms with Crippen molar-refractivity contribution in [2.45, 2.75) is 67.9 Å². The molecule has 0 radical (unpaired) electrons. The SMILES string of the molecule is CC(=O)N[C@@H]1C(O)C[C@](OCC(O)[C@H](O)C(O)CO)(C(=O)O)OC1[C@H](O)[C@H](O)CO. The number of nitrogens with one attached hydrogen (secondary N) is 1. The molecule has 0 aromatic heterocycles. The second-order valence-electron chi connectivity index (χ2n) is 7.00. The summed E-state index contributed by atoms with van der Waals surface area (Å²) >= 11 is 0. The number of rotatable bonds is 11. The number of hydrogen-bond acceptors (Lipinski definition) is 12. The van der Waals surface area contributed by atoms with E-state index < -0.39 is 92.7 Å². The number of carbonyl (C=O) groups excluding carboxylic acids is 1. The van der Waals surface area contributed by atoms with Crippen molar-refractivity contribution in [3.63, 3.8) is 0 Å². The average molecular weight is 443 g/mol. The Hall–Kier alpha value is -1.46. The normalized spacial score (nSPS) is 32.0. The van der Waals surface area contributed by atoms with E-state index in [4.69, 9.17) is 19.7 Å². The highest BCUT2D eigenvalue weighted by atomic mass is 16.7. The van der Waals surface area contributed by atoms with E-state index in [1.165, 1.54) is 0 Å². The molecule has 0 aliphatic carbocycles. The molecule has 176 valence electrons. The minimum absolute atomic E-state index is 0.668. The molecule has 1 saturated heterocycles. The number of hydrogen-bond donors (Lipinski definition) is 10. The van der Waals surface area contributed by atoms with Crippen molar-refractivity contribution >= 4 is 11.9 Å². The van der Waals surface area contributed by atoms with Crippen molar-refractivity contribution in [3.05, 3.63) is 0 Å². The second kappa shape index (κ2) is 11.2. The molecule has 14 heteroatoms. The Morgan fingerprint density at radius 3 is 2.13 bits per heavy atom. The zero-order valence-electron chi connectivity index (χ0n) is 16.1. The van der Waals surface area contributed by atoms with E-state index in [2.05, 4.69) is 5.32 Å². The van der Waals surface area contributed by atoms with Gasteiger partial charge in [-0.2, -0.15) is 0 Å². The number of aliphatic hydroxyl groups excluding tert-OH is 8. The molecule has 1 aliphatic heterocycles. The molecule has 1 fully saturated rings. The highest BCUT2D eigenvalue weighted by Gasteiger charge is 2.56. The summed E-state index contributed by atoms with van der Waals surface area (Å²) in [5.74, 6) is -5.17. The van der Waals surface area contributed by atoms with Gasteiger partial charge in [0.05, 0.1) is 32.0 Å². The van der Waals surface area contributed by atoms with E-state index in [1.54, 1.807) is 0 Å². The second-order valence-corrected chi connectivity index (χ2v) is 7.00. The third-order valence-corrected chi connectivity index (χ3v) is 4.65. The van der Waals surface area contributed by atoms with Crippen LogP contribution in [0.3, 0.4) is 0 Å². The van der Waals surface area contributed by atoms with Crippen LogP contribution < -0.4 is 5.32 Å². The van der Waals surface area contributed by atoms with Crippen molar-refractivity contribution in [1.29, 1.82) is 0 Å². The fourth-order valence-electron chi connectivity index (χ4n) is 2.96. The Kier molecular flexibility index (Phi) is 9.96. The third kappa shape index (κ3) is 6.27. The number of aliphatic hydroxyl groups is 8. The maximum absolute atomic E-state index is 11.9. The maximum atomic E-state index is 11.9. The molecule has 4 unspecified atom stereocenters. The molecule has 30 heavy (non-hydrogen) atoms. The topological polar surface area (TPSA) is 247 Å². The highest BCUT2D eigenvalue weighted by molar-refractivity contribution is 5.76. The van der Waals surface area contributed by atoms with E-state index in [0.29, 0.717) is 0 Å². The third-order valence-electron chi connectivity index (χ3n) is 4.65. The van der Waals surface area contributed by atoms with Crippen LogP contribution in [0.4, 0.5) is 0 Å². The first-order valence-corrected chi connectivity index (χ1v) is 9.02. The van der Waals surface area contributed by atoms with Crippen LogP contribution in [-0.4, -0.2) is 132 Å². The molecule has 9 atom stereocenters. The zero-order chi connectivity index (χ0) is 23.2. The first-order valence-electron chi connectivity index (χ1n) is 9.02. The maximum Gasteiger partial charge on any atom is 0.364 e. The van der Waals surface area contributed by atoms with E-state index in [0.717, 1.165) is 6.92 Å². The fraction of sp³-hybridized carbons (Fsp3) is 0.875. The highest BCUT2D eigenvalue weighted by Crippen LogP contribution is 2.33. The molecule has 1 rings (SSSR count). The van der Waals surface area contributed by atoms with Gasteiger partial charge in [0.1, 0.15) is 36.6 Å². The standard InChI is InChI=1S/C16H29NO13/c1-6(20)17-11-7(21)2-16(15(27)28,30-14(11)13(26)9(23)4-19)29-5-10(24)12(25)8(22)3-18/h7-14,18-19,21-26H,2-5H2,1H3,(H,17,20)(H,27,28)/t7?,8?,9-,10?,11-,12-,13-,14?,16-/m1/s1. The monoisotopic (exact) mass is 443 g/mol. The van der Waals surface area contributed by atoms with Crippen LogP contribution >= 0.6 is 0 Å². The first-order chi connectivity index (χ1) is 13.9. The van der Waals surface area contributed by atoms with Gasteiger partial charge in [0.25, 0.3) is 5.79 Å². The molecule has 0 bridgehead atoms. The predicted molar refractivity (Wildman–Crippen MR) is 93.6 cm³/mol. The van der Waals surface area contributed by atoms with Crippen molar-refractivity contribution in [3.8, 4) is 0 Å². The van der Waals surface area contributed by atoms with Gasteiger partial charge < -0.3 is 60.7 Å². The Labute approximate surface area is 170 Å². The van der Waals surface area contributed by atoms with Crippen molar-refractivity contribution < 1.29 is 65.0 Å². The van der Waals surface area contributed by atoms with E-state index >= 15 is 0 Å². The summed E-state index contributed by atoms with van der Waals surface area (Å²) in [5, 5.41) is 88.9. The largest absolute Gasteiger partial charge is 0.477 e. The van der Waals surface area contributed by atoms with Gasteiger partial charge in [0, 0.05) is 13.3 Å². The van der Waals surface area contributed by atoms with Crippen LogP contribution in [-0.2, 0) is 19.1 Å². The summed E-state index contributed by atoms with van der Waals surface area (Å²) in [6.07, 6.45) is -13.5. The zero-order valence-corrected chi connectivity index (χ0v) is 16.1. The number of ether oxygens (including phenoxy) is 2. The summed E-state index contributed by atoms with van der Waals surface area (Å²) in [6, 6.07) is -1.39. The van der Waals surface area contributed by atoms with Gasteiger partial charge in [-0.3, -0.25) is 4.79 Å². The van der Waals surface area contributed by atoms with Gasteiger partial charge in [-0.1, -0.05) is 0 Å². The predicted octanol–water partition coefficient (Wildman–Crippen LogP) is -5.77. The van der Waals surface area contributed by atoms with Gasteiger partial charge in [-0.15, -0.1) is 0 Å². The Morgan fingerprint density at radius 2 is 1.67 bits per heavy atom. The minimum atomic E-state index is -2.69. The van der Waals surface area contributed by atoms with Gasteiger partial charge in [0.2, 0.25) is 5.91 Å². The van der Waals surface area contributed by atoms with Crippen LogP contribution in [0.25, 0.3) is 0 Å². The number of amides is 1. The van der Waals surface area contributed by atoms with E-state index in [9.17, 15) is 45.3 Å². The van der Waals surface area contributed by atoms with Gasteiger partial charge >= 0.3 is 5.97 Å². The summed E-state index contributed by atoms with van der Waals surface area (Å²) in [7, 11) is 0. The van der Waals surface area contributed by atoms with Gasteiger partial charge in [-0.25, -0.2) is 4.79 Å². The van der Waals surface area contributed by atoms with Crippen LogP contribution in [0.15, 0.2) is 0 Å². The molecule has 1 heterocycles. The molecule has 0 aromatic carbocycles. The molecule has 0 spiro atoms. The van der Waals surface area contributed by atoms with Crippen LogP contribution in [0.2, 0.25) is 0 Å². The lowest BCUT2D eigenvalue weighted by Crippen LogP contribution is -2.68. The van der Waals surface area contributed by atoms with Gasteiger partial charge in [-0.05, 0) is 0 Å². The quantitative estimate of drug-likeness (QED) is 0.143. The molecule has 1 amide bonds. The van der Waals surface area contributed by atoms with Crippen molar-refractivity contribution in [2.75, 3.05) is 19.8 Å². The first kappa shape index (κ1) is 26.6. The molecule has 0 saturated carbocycles. The van der Waals surface area contributed by atoms with Crippen LogP contribution in [0.5, 0.6) is 0 Å². The van der Waals surface area contributed by atoms with Gasteiger partial charge in [0.15, 0.2) is 0 Å². The van der Waals surface area contributed by atoms with Crippen molar-refractivity contribution in [2.24, 2.45) is 0 Å². The molecule has 0 aromatic rings. The summed E-state index contributed by atoms with van der Waals surface area (Å²) in [5.41, 5.74) is 0. The fourth-order valence-corrected chi connectivity index (χ4v) is 2.96. The summed E-state index contributed by atoms with van der Waals surface area (Å²) in [6.45, 7) is -1.70. The van der Waals surface area contributed by atoms with E-state index in [-0.39, 0.29) is 0 Å². The van der Waals surface area contributed by atoms with Crippen molar-refractivity contribution in [1.82, 2.24) is 5.32 Å². The smallest absolute Gasteiger partial charge is 0.364 e. The van der Waals surface area contributed by atoms with Crippen LogP contribution in [0, 0.1) is 0 Å². The molecule has 14 nitrogen and oxygen atoms in total. The van der Waals surface area contributed by atoms with Crippen LogP contribution in [0.1, 0.15) is 13.3 Å². The Balaban J connectivity index is 3.13. The minimum Gasteiger partial charge on any atom is -0.477 e. The number of aliphatic carboxylic acids is 1. The Bertz CT molecular complexity index is 577. The average Bonchev–Trinajstić information content (AvgIpc) is 2.70. The number of carboxylic acid groups (broad SMARTS) is 1. The molecule has 1 aliphatic rings. The molecular weight excluding hydrogens is 414 g/mol. The lowest BCUT2D eigenvalue weighted by molar-refractivity contribution is -0.317. The summed E-state index contributed by atoms with van der Waals surface area (Å²) in [4.78, 5) is 23.3. The number of carboxylic acids is 1. The lowest BCUT2D eigenvalue weighted by Gasteiger charge is -2.46. The molecular formula is C16H29NO13. The summed E-state index contributed by atoms with van der Waals surface area (Å²) < 4.78 is 10.4. The lowest BCUT2D eigenvalue weighted by atomic mass is 9.88. The Morgan fingerprint density at radius 1 is 1.10 bits per heavy atom.